The van der Waals surface area contributed by atoms with E-state index in [-0.39, 0.29) is 12.1 Å². The monoisotopic (exact) mass is 290 g/mol. The minimum Gasteiger partial charge on any atom is -0.493 e. The Kier molecular flexibility index (Phi) is 4.15. The molecule has 0 amide bonds. The van der Waals surface area contributed by atoms with E-state index in [0.717, 1.165) is 0 Å². The molecule has 1 heterocycles. The first-order chi connectivity index (χ1) is 7.75. The first-order valence-electron chi connectivity index (χ1n) is 5.07. The summed E-state index contributed by atoms with van der Waals surface area (Å²) in [6.45, 7) is 1.72. The maximum absolute atomic E-state index is 13.1. The van der Waals surface area contributed by atoms with Crippen molar-refractivity contribution < 1.29 is 18.6 Å². The molecule has 1 fully saturated rings. The predicted molar refractivity (Wildman–Crippen MR) is 59.9 cm³/mol. The lowest BCUT2D eigenvalue weighted by atomic mass is 10.3. The summed E-state index contributed by atoms with van der Waals surface area (Å²) in [5, 5.41) is 0. The molecule has 88 valence electrons. The molecular formula is C11H12BrFO3. The van der Waals surface area contributed by atoms with E-state index in [4.69, 9.17) is 14.2 Å². The van der Waals surface area contributed by atoms with Crippen LogP contribution in [0.4, 0.5) is 4.39 Å². The highest BCUT2D eigenvalue weighted by molar-refractivity contribution is 9.10. The second-order valence-electron chi connectivity index (χ2n) is 3.38. The van der Waals surface area contributed by atoms with Crippen molar-refractivity contribution in [2.75, 3.05) is 19.8 Å². The summed E-state index contributed by atoms with van der Waals surface area (Å²) >= 11 is 3.08. The lowest BCUT2D eigenvalue weighted by Gasteiger charge is -2.10. The van der Waals surface area contributed by atoms with Crippen molar-refractivity contribution in [2.24, 2.45) is 0 Å². The van der Waals surface area contributed by atoms with Crippen molar-refractivity contribution in [2.45, 2.75) is 12.7 Å². The van der Waals surface area contributed by atoms with E-state index in [2.05, 4.69) is 15.9 Å². The lowest BCUT2D eigenvalue weighted by molar-refractivity contribution is -0.0531. The Hall–Kier alpha value is -0.650. The topological polar surface area (TPSA) is 27.7 Å². The van der Waals surface area contributed by atoms with Crippen LogP contribution in [0.2, 0.25) is 0 Å². The zero-order valence-corrected chi connectivity index (χ0v) is 10.2. The van der Waals surface area contributed by atoms with Crippen LogP contribution in [-0.2, 0) is 9.47 Å². The molecule has 3 nitrogen and oxygen atoms in total. The molecule has 5 heteroatoms. The first kappa shape index (κ1) is 11.8. The van der Waals surface area contributed by atoms with Gasteiger partial charge in [-0.2, -0.15) is 0 Å². The summed E-state index contributed by atoms with van der Waals surface area (Å²) in [6, 6.07) is 4.68. The van der Waals surface area contributed by atoms with Crippen molar-refractivity contribution >= 4 is 15.9 Å². The van der Waals surface area contributed by atoms with Gasteiger partial charge < -0.3 is 14.2 Å². The minimum atomic E-state index is -0.328. The van der Waals surface area contributed by atoms with Crippen molar-refractivity contribution in [3.05, 3.63) is 28.5 Å². The van der Waals surface area contributed by atoms with E-state index in [9.17, 15) is 4.39 Å². The van der Waals surface area contributed by atoms with Gasteiger partial charge >= 0.3 is 0 Å². The second-order valence-corrected chi connectivity index (χ2v) is 4.24. The molecule has 1 aromatic carbocycles. The van der Waals surface area contributed by atoms with Gasteiger partial charge in [0.2, 0.25) is 0 Å². The number of hydrogen-bond donors (Lipinski definition) is 0. The smallest absolute Gasteiger partial charge is 0.161 e. The summed E-state index contributed by atoms with van der Waals surface area (Å²) in [6.07, 6.45) is 0.470. The van der Waals surface area contributed by atoms with Crippen LogP contribution in [0.15, 0.2) is 22.7 Å². The predicted octanol–water partition coefficient (Wildman–Crippen LogP) is 2.73. The molecule has 0 aliphatic carbocycles. The zero-order chi connectivity index (χ0) is 11.4. The van der Waals surface area contributed by atoms with Crippen LogP contribution in [0.3, 0.4) is 0 Å². The van der Waals surface area contributed by atoms with Crippen molar-refractivity contribution in [3.8, 4) is 5.75 Å². The highest BCUT2D eigenvalue weighted by Crippen LogP contribution is 2.21. The van der Waals surface area contributed by atoms with Gasteiger partial charge in [0.15, 0.2) is 6.29 Å². The molecule has 0 radical (unpaired) electrons. The third-order valence-electron chi connectivity index (χ3n) is 2.20. The fourth-order valence-electron chi connectivity index (χ4n) is 1.41. The minimum absolute atomic E-state index is 0.180. The number of halogens is 2. The van der Waals surface area contributed by atoms with Crippen LogP contribution >= 0.6 is 15.9 Å². The SMILES string of the molecule is Fc1cc(OCCC2OCCO2)ccc1Br. The molecule has 16 heavy (non-hydrogen) atoms. The van der Waals surface area contributed by atoms with Crippen LogP contribution in [0.1, 0.15) is 6.42 Å². The molecule has 1 aromatic rings. The van der Waals surface area contributed by atoms with E-state index >= 15 is 0 Å². The largest absolute Gasteiger partial charge is 0.493 e. The average molecular weight is 291 g/mol. The summed E-state index contributed by atoms with van der Waals surface area (Å²) in [5.74, 6) is 0.185. The fraction of sp³-hybridized carbons (Fsp3) is 0.455. The quantitative estimate of drug-likeness (QED) is 0.853. The number of rotatable bonds is 4. The Morgan fingerprint density at radius 2 is 2.12 bits per heavy atom. The summed E-state index contributed by atoms with van der Waals surface area (Å²) in [7, 11) is 0. The first-order valence-corrected chi connectivity index (χ1v) is 5.86. The zero-order valence-electron chi connectivity index (χ0n) is 8.62. The fourth-order valence-corrected chi connectivity index (χ4v) is 1.66. The van der Waals surface area contributed by atoms with E-state index in [1.165, 1.54) is 6.07 Å². The van der Waals surface area contributed by atoms with Crippen molar-refractivity contribution in [3.63, 3.8) is 0 Å². The van der Waals surface area contributed by atoms with Gasteiger partial charge in [-0.05, 0) is 28.1 Å². The van der Waals surface area contributed by atoms with E-state index in [1.54, 1.807) is 12.1 Å². The van der Waals surface area contributed by atoms with Gasteiger partial charge in [-0.15, -0.1) is 0 Å². The van der Waals surface area contributed by atoms with Crippen LogP contribution in [-0.4, -0.2) is 26.1 Å². The third kappa shape index (κ3) is 3.17. The van der Waals surface area contributed by atoms with E-state index < -0.39 is 0 Å². The van der Waals surface area contributed by atoms with Gasteiger partial charge in [-0.25, -0.2) is 4.39 Å². The molecule has 2 rings (SSSR count). The molecule has 1 aliphatic rings. The maximum Gasteiger partial charge on any atom is 0.161 e. The molecular weight excluding hydrogens is 279 g/mol. The van der Waals surface area contributed by atoms with Crippen LogP contribution in [0, 0.1) is 5.82 Å². The van der Waals surface area contributed by atoms with Gasteiger partial charge in [-0.1, -0.05) is 0 Å². The highest BCUT2D eigenvalue weighted by atomic mass is 79.9. The molecule has 0 N–H and O–H groups in total. The molecule has 0 saturated carbocycles. The molecule has 1 saturated heterocycles. The van der Waals surface area contributed by atoms with Gasteiger partial charge in [0, 0.05) is 12.5 Å². The Morgan fingerprint density at radius 1 is 1.38 bits per heavy atom. The average Bonchev–Trinajstić information content (AvgIpc) is 2.76. The van der Waals surface area contributed by atoms with Gasteiger partial charge in [0.25, 0.3) is 0 Å². The van der Waals surface area contributed by atoms with E-state index in [0.29, 0.717) is 36.5 Å². The second kappa shape index (κ2) is 5.61. The van der Waals surface area contributed by atoms with Crippen molar-refractivity contribution in [1.29, 1.82) is 0 Å². The van der Waals surface area contributed by atoms with Gasteiger partial charge in [0.05, 0.1) is 24.3 Å². The molecule has 0 atom stereocenters. The molecule has 0 bridgehead atoms. The Morgan fingerprint density at radius 3 is 2.81 bits per heavy atom. The van der Waals surface area contributed by atoms with Gasteiger partial charge in [-0.3, -0.25) is 0 Å². The van der Waals surface area contributed by atoms with Crippen LogP contribution in [0.5, 0.6) is 5.75 Å². The molecule has 0 aromatic heterocycles. The van der Waals surface area contributed by atoms with Crippen LogP contribution in [0.25, 0.3) is 0 Å². The lowest BCUT2D eigenvalue weighted by Crippen LogP contribution is -2.12. The summed E-state index contributed by atoms with van der Waals surface area (Å²) in [4.78, 5) is 0. The number of ether oxygens (including phenoxy) is 3. The standard InChI is InChI=1S/C11H12BrFO3/c12-9-2-1-8(7-10(9)13)14-4-3-11-15-5-6-16-11/h1-2,7,11H,3-6H2. The van der Waals surface area contributed by atoms with Crippen molar-refractivity contribution in [1.82, 2.24) is 0 Å². The number of hydrogen-bond acceptors (Lipinski definition) is 3. The molecule has 1 aliphatic heterocycles. The molecule has 0 unspecified atom stereocenters. The highest BCUT2D eigenvalue weighted by Gasteiger charge is 2.15. The molecule has 0 spiro atoms. The summed E-state index contributed by atoms with van der Waals surface area (Å²) < 4.78 is 29.4. The Bertz CT molecular complexity index is 353. The Balaban J connectivity index is 1.78. The van der Waals surface area contributed by atoms with Crippen LogP contribution < -0.4 is 4.74 Å². The van der Waals surface area contributed by atoms with E-state index in [1.807, 2.05) is 0 Å². The summed E-state index contributed by atoms with van der Waals surface area (Å²) in [5.41, 5.74) is 0. The number of benzene rings is 1. The van der Waals surface area contributed by atoms with Gasteiger partial charge in [0.1, 0.15) is 11.6 Å². The third-order valence-corrected chi connectivity index (χ3v) is 2.85. The maximum atomic E-state index is 13.1. The normalized spacial score (nSPS) is 16.6. The Labute approximate surface area is 102 Å².